The first kappa shape index (κ1) is 14.2. The van der Waals surface area contributed by atoms with Crippen LogP contribution in [-0.4, -0.2) is 73.4 Å². The summed E-state index contributed by atoms with van der Waals surface area (Å²) in [6.07, 6.45) is 0. The molecule has 0 aromatic heterocycles. The van der Waals surface area contributed by atoms with E-state index >= 15 is 0 Å². The van der Waals surface area contributed by atoms with E-state index in [0.717, 1.165) is 13.1 Å². The van der Waals surface area contributed by atoms with Crippen LogP contribution in [0.25, 0.3) is 0 Å². The molecule has 1 aromatic carbocycles. The minimum Gasteiger partial charge on any atom is -0.486 e. The molecule has 0 unspecified atom stereocenters. The number of benzene rings is 1. The smallest absolute Gasteiger partial charge is 0.257 e. The highest BCUT2D eigenvalue weighted by Gasteiger charge is 2.26. The number of aliphatic hydroxyl groups excluding tert-OH is 1. The zero-order chi connectivity index (χ0) is 14.7. The van der Waals surface area contributed by atoms with Gasteiger partial charge in [-0.15, -0.1) is 0 Å². The van der Waals surface area contributed by atoms with Crippen LogP contribution in [0.3, 0.4) is 0 Å². The molecule has 6 nitrogen and oxygen atoms in total. The predicted molar refractivity (Wildman–Crippen MR) is 76.9 cm³/mol. The highest BCUT2D eigenvalue weighted by Crippen LogP contribution is 2.34. The quantitative estimate of drug-likeness (QED) is 0.863. The van der Waals surface area contributed by atoms with Gasteiger partial charge in [0, 0.05) is 32.7 Å². The third-order valence-corrected chi connectivity index (χ3v) is 3.87. The Morgan fingerprint density at radius 3 is 2.67 bits per heavy atom. The van der Waals surface area contributed by atoms with Crippen LogP contribution < -0.4 is 9.47 Å². The molecule has 114 valence electrons. The molecule has 6 heteroatoms. The molecule has 0 spiro atoms. The lowest BCUT2D eigenvalue weighted by atomic mass is 10.1. The predicted octanol–water partition coefficient (Wildman–Crippen LogP) is 0.208. The van der Waals surface area contributed by atoms with Crippen molar-refractivity contribution in [2.24, 2.45) is 0 Å². The maximum atomic E-state index is 12.7. The fourth-order valence-electron chi connectivity index (χ4n) is 2.73. The highest BCUT2D eigenvalue weighted by molar-refractivity contribution is 5.98. The van der Waals surface area contributed by atoms with E-state index in [1.807, 2.05) is 17.0 Å². The maximum Gasteiger partial charge on any atom is 0.257 e. The number of hydrogen-bond acceptors (Lipinski definition) is 5. The molecule has 1 aromatic rings. The van der Waals surface area contributed by atoms with Crippen LogP contribution in [0.4, 0.5) is 0 Å². The van der Waals surface area contributed by atoms with Crippen LogP contribution in [-0.2, 0) is 0 Å². The van der Waals surface area contributed by atoms with Crippen molar-refractivity contribution in [2.75, 3.05) is 52.5 Å². The first-order valence-corrected chi connectivity index (χ1v) is 7.30. The van der Waals surface area contributed by atoms with Crippen molar-refractivity contribution in [3.05, 3.63) is 23.8 Å². The number of carbonyl (C=O) groups excluding carboxylic acids is 1. The van der Waals surface area contributed by atoms with Gasteiger partial charge in [-0.2, -0.15) is 0 Å². The normalized spacial score (nSPS) is 18.6. The molecular weight excluding hydrogens is 272 g/mol. The molecule has 0 atom stereocenters. The van der Waals surface area contributed by atoms with E-state index < -0.39 is 0 Å². The zero-order valence-electron chi connectivity index (χ0n) is 12.0. The van der Waals surface area contributed by atoms with Crippen molar-refractivity contribution in [1.29, 1.82) is 0 Å². The number of aliphatic hydroxyl groups is 1. The molecule has 3 rings (SSSR count). The summed E-state index contributed by atoms with van der Waals surface area (Å²) in [5.41, 5.74) is 0.572. The lowest BCUT2D eigenvalue weighted by Crippen LogP contribution is -2.49. The molecule has 21 heavy (non-hydrogen) atoms. The lowest BCUT2D eigenvalue weighted by molar-refractivity contribution is 0.0606. The summed E-state index contributed by atoms with van der Waals surface area (Å²) in [6, 6.07) is 5.43. The van der Waals surface area contributed by atoms with Crippen LogP contribution in [0.15, 0.2) is 18.2 Å². The van der Waals surface area contributed by atoms with Gasteiger partial charge in [0.1, 0.15) is 13.2 Å². The SMILES string of the molecule is O=C(c1cccc2c1OCCO2)N1CCN(CCO)CC1. The van der Waals surface area contributed by atoms with E-state index in [2.05, 4.69) is 4.90 Å². The van der Waals surface area contributed by atoms with Gasteiger partial charge in [-0.3, -0.25) is 9.69 Å². The molecular formula is C15H20N2O4. The van der Waals surface area contributed by atoms with Crippen LogP contribution in [0.5, 0.6) is 11.5 Å². The van der Waals surface area contributed by atoms with Crippen molar-refractivity contribution >= 4 is 5.91 Å². The van der Waals surface area contributed by atoms with Crippen LogP contribution >= 0.6 is 0 Å². The summed E-state index contributed by atoms with van der Waals surface area (Å²) >= 11 is 0. The summed E-state index contributed by atoms with van der Waals surface area (Å²) < 4.78 is 11.1. The largest absolute Gasteiger partial charge is 0.486 e. The van der Waals surface area contributed by atoms with Crippen LogP contribution in [0.2, 0.25) is 0 Å². The Balaban J connectivity index is 1.72. The standard InChI is InChI=1S/C15H20N2O4/c18-9-8-16-4-6-17(7-5-16)15(19)12-2-1-3-13-14(12)21-11-10-20-13/h1-3,18H,4-11H2. The molecule has 2 heterocycles. The number of carbonyl (C=O) groups is 1. The summed E-state index contributed by atoms with van der Waals surface area (Å²) in [7, 11) is 0. The first-order chi connectivity index (χ1) is 10.3. The molecule has 0 radical (unpaired) electrons. The summed E-state index contributed by atoms with van der Waals surface area (Å²) in [5.74, 6) is 1.19. The third-order valence-electron chi connectivity index (χ3n) is 3.87. The van der Waals surface area contributed by atoms with Gasteiger partial charge in [0.2, 0.25) is 0 Å². The Morgan fingerprint density at radius 1 is 1.14 bits per heavy atom. The van der Waals surface area contributed by atoms with E-state index in [1.165, 1.54) is 0 Å². The van der Waals surface area contributed by atoms with Crippen molar-refractivity contribution < 1.29 is 19.4 Å². The molecule has 2 aliphatic rings. The Kier molecular flexibility index (Phi) is 4.26. The van der Waals surface area contributed by atoms with Crippen LogP contribution in [0.1, 0.15) is 10.4 Å². The van der Waals surface area contributed by atoms with E-state index in [-0.39, 0.29) is 12.5 Å². The van der Waals surface area contributed by atoms with Crippen molar-refractivity contribution in [3.63, 3.8) is 0 Å². The van der Waals surface area contributed by atoms with Crippen molar-refractivity contribution in [1.82, 2.24) is 9.80 Å². The van der Waals surface area contributed by atoms with E-state index in [0.29, 0.717) is 49.9 Å². The van der Waals surface area contributed by atoms with Gasteiger partial charge in [-0.1, -0.05) is 6.07 Å². The number of β-amino-alcohol motifs (C(OH)–C–C–N with tert-alkyl or cyclic N) is 1. The van der Waals surface area contributed by atoms with Crippen molar-refractivity contribution in [2.45, 2.75) is 0 Å². The molecule has 1 N–H and O–H groups in total. The molecule has 1 fully saturated rings. The highest BCUT2D eigenvalue weighted by atomic mass is 16.6. The average molecular weight is 292 g/mol. The summed E-state index contributed by atoms with van der Waals surface area (Å²) in [5, 5.41) is 8.95. The summed E-state index contributed by atoms with van der Waals surface area (Å²) in [6.45, 7) is 4.74. The number of para-hydroxylation sites is 1. The number of rotatable bonds is 3. The van der Waals surface area contributed by atoms with E-state index in [9.17, 15) is 4.79 Å². The van der Waals surface area contributed by atoms with E-state index in [1.54, 1.807) is 6.07 Å². The zero-order valence-corrected chi connectivity index (χ0v) is 12.0. The number of amides is 1. The van der Waals surface area contributed by atoms with E-state index in [4.69, 9.17) is 14.6 Å². The number of fused-ring (bicyclic) bond motifs is 1. The number of piperazine rings is 1. The number of nitrogens with zero attached hydrogens (tertiary/aromatic N) is 2. The van der Waals surface area contributed by atoms with Crippen LogP contribution in [0, 0.1) is 0 Å². The van der Waals surface area contributed by atoms with Gasteiger partial charge < -0.3 is 19.5 Å². The second-order valence-electron chi connectivity index (χ2n) is 5.19. The van der Waals surface area contributed by atoms with Crippen molar-refractivity contribution in [3.8, 4) is 11.5 Å². The minimum atomic E-state index is -0.0130. The molecule has 1 amide bonds. The number of hydrogen-bond donors (Lipinski definition) is 1. The Hall–Kier alpha value is -1.79. The topological polar surface area (TPSA) is 62.2 Å². The van der Waals surface area contributed by atoms with Gasteiger partial charge in [-0.25, -0.2) is 0 Å². The second kappa shape index (κ2) is 6.32. The molecule has 2 aliphatic heterocycles. The fraction of sp³-hybridized carbons (Fsp3) is 0.533. The van der Waals surface area contributed by atoms with Gasteiger partial charge in [0.15, 0.2) is 11.5 Å². The second-order valence-corrected chi connectivity index (χ2v) is 5.19. The molecule has 0 bridgehead atoms. The minimum absolute atomic E-state index is 0.0130. The lowest BCUT2D eigenvalue weighted by Gasteiger charge is -2.34. The average Bonchev–Trinajstić information content (AvgIpc) is 2.55. The number of ether oxygens (including phenoxy) is 2. The Bertz CT molecular complexity index is 512. The third kappa shape index (κ3) is 2.96. The maximum absolute atomic E-state index is 12.7. The first-order valence-electron chi connectivity index (χ1n) is 7.30. The molecule has 1 saturated heterocycles. The molecule has 0 aliphatic carbocycles. The van der Waals surface area contributed by atoms with Gasteiger partial charge in [0.25, 0.3) is 5.91 Å². The Morgan fingerprint density at radius 2 is 1.90 bits per heavy atom. The van der Waals surface area contributed by atoms with Gasteiger partial charge in [0.05, 0.1) is 12.2 Å². The summed E-state index contributed by atoms with van der Waals surface area (Å²) in [4.78, 5) is 16.7. The Labute approximate surface area is 123 Å². The molecule has 0 saturated carbocycles. The monoisotopic (exact) mass is 292 g/mol. The van der Waals surface area contributed by atoms with Gasteiger partial charge >= 0.3 is 0 Å². The fourth-order valence-corrected chi connectivity index (χ4v) is 2.73. The van der Waals surface area contributed by atoms with Gasteiger partial charge in [-0.05, 0) is 12.1 Å².